The van der Waals surface area contributed by atoms with Gasteiger partial charge in [-0.15, -0.1) is 10.2 Å². The molecule has 0 unspecified atom stereocenters. The first kappa shape index (κ1) is 15.8. The third-order valence-electron chi connectivity index (χ3n) is 4.16. The molecule has 0 atom stereocenters. The van der Waals surface area contributed by atoms with Crippen LogP contribution < -0.4 is 9.64 Å². The Hall–Kier alpha value is -2.11. The van der Waals surface area contributed by atoms with Crippen molar-refractivity contribution in [1.29, 1.82) is 0 Å². The first-order chi connectivity index (χ1) is 11.0. The first-order valence-electron chi connectivity index (χ1n) is 8.19. The van der Waals surface area contributed by atoms with Gasteiger partial charge in [-0.05, 0) is 57.4 Å². The van der Waals surface area contributed by atoms with Gasteiger partial charge in [-0.25, -0.2) is 0 Å². The number of rotatable bonds is 3. The van der Waals surface area contributed by atoms with Crippen LogP contribution in [0, 0.1) is 0 Å². The van der Waals surface area contributed by atoms with Gasteiger partial charge in [0.05, 0.1) is 19.2 Å². The molecule has 0 fully saturated rings. The molecular weight excluding hydrogens is 290 g/mol. The predicted octanol–water partition coefficient (Wildman–Crippen LogP) is 2.78. The smallest absolute Gasteiger partial charge is 0.194 e. The second kappa shape index (κ2) is 6.18. The number of hydrogen-bond donors (Lipinski definition) is 0. The maximum Gasteiger partial charge on any atom is 0.194 e. The van der Waals surface area contributed by atoms with Gasteiger partial charge in [-0.1, -0.05) is 6.07 Å². The minimum absolute atomic E-state index is 0.148. The van der Waals surface area contributed by atoms with Gasteiger partial charge in [0.1, 0.15) is 5.75 Å². The van der Waals surface area contributed by atoms with E-state index in [1.165, 1.54) is 17.7 Å². The molecule has 0 N–H and O–H groups in total. The molecular formula is C17H25N5O. The monoisotopic (exact) mass is 315 g/mol. The molecule has 1 aromatic carbocycles. The second-order valence-corrected chi connectivity index (χ2v) is 7.00. The topological polar surface area (TPSA) is 56.1 Å². The lowest BCUT2D eigenvalue weighted by atomic mass is 10.1. The van der Waals surface area contributed by atoms with E-state index in [4.69, 9.17) is 4.74 Å². The Balaban J connectivity index is 1.88. The van der Waals surface area contributed by atoms with E-state index in [0.717, 1.165) is 31.0 Å². The number of nitrogens with zero attached hydrogens (tertiary/aromatic N) is 5. The minimum atomic E-state index is -0.148. The number of aromatic nitrogens is 4. The Labute approximate surface area is 137 Å². The highest BCUT2D eigenvalue weighted by Crippen LogP contribution is 2.33. The molecule has 1 aliphatic heterocycles. The lowest BCUT2D eigenvalue weighted by Crippen LogP contribution is -2.26. The van der Waals surface area contributed by atoms with E-state index in [1.807, 2.05) is 6.07 Å². The molecule has 2 aromatic rings. The molecule has 1 aromatic heterocycles. The van der Waals surface area contributed by atoms with Crippen LogP contribution in [0.5, 0.6) is 5.75 Å². The molecule has 23 heavy (non-hydrogen) atoms. The fraction of sp³-hybridized carbons (Fsp3) is 0.588. The van der Waals surface area contributed by atoms with Crippen LogP contribution >= 0.6 is 0 Å². The van der Waals surface area contributed by atoms with Gasteiger partial charge >= 0.3 is 0 Å². The summed E-state index contributed by atoms with van der Waals surface area (Å²) in [5.41, 5.74) is 2.37. The van der Waals surface area contributed by atoms with Gasteiger partial charge in [-0.2, -0.15) is 4.80 Å². The van der Waals surface area contributed by atoms with Crippen LogP contribution in [0.4, 0.5) is 5.69 Å². The Kier molecular flexibility index (Phi) is 4.24. The SMILES string of the molecule is COc1cccc2c1CCCCN2Cc1nnn(C(C)(C)C)n1. The van der Waals surface area contributed by atoms with E-state index < -0.39 is 0 Å². The maximum absolute atomic E-state index is 5.54. The van der Waals surface area contributed by atoms with E-state index in [2.05, 4.69) is 53.2 Å². The lowest BCUT2D eigenvalue weighted by Gasteiger charge is -2.24. The van der Waals surface area contributed by atoms with Gasteiger partial charge in [0.15, 0.2) is 5.82 Å². The van der Waals surface area contributed by atoms with Gasteiger partial charge in [-0.3, -0.25) is 0 Å². The highest BCUT2D eigenvalue weighted by atomic mass is 16.5. The van der Waals surface area contributed by atoms with Crippen LogP contribution in [0.25, 0.3) is 0 Å². The summed E-state index contributed by atoms with van der Waals surface area (Å²) in [5.74, 6) is 1.73. The standard InChI is InChI=1S/C17H25N5O/c1-17(2,3)22-19-16(18-20-22)12-21-11-6-5-8-13-14(21)9-7-10-15(13)23-4/h7,9-10H,5-6,8,11-12H2,1-4H3. The predicted molar refractivity (Wildman–Crippen MR) is 89.8 cm³/mol. The molecule has 0 spiro atoms. The van der Waals surface area contributed by atoms with Crippen molar-refractivity contribution in [1.82, 2.24) is 20.2 Å². The molecule has 0 bridgehead atoms. The summed E-state index contributed by atoms with van der Waals surface area (Å²) in [4.78, 5) is 4.03. The van der Waals surface area contributed by atoms with Crippen molar-refractivity contribution >= 4 is 5.69 Å². The van der Waals surface area contributed by atoms with Crippen molar-refractivity contribution in [2.45, 2.75) is 52.1 Å². The zero-order valence-corrected chi connectivity index (χ0v) is 14.4. The Bertz CT molecular complexity index is 674. The highest BCUT2D eigenvalue weighted by Gasteiger charge is 2.22. The normalized spacial score (nSPS) is 15.2. The third kappa shape index (κ3) is 3.30. The molecule has 0 amide bonds. The van der Waals surface area contributed by atoms with E-state index in [0.29, 0.717) is 6.54 Å². The van der Waals surface area contributed by atoms with Crippen LogP contribution in [0.3, 0.4) is 0 Å². The minimum Gasteiger partial charge on any atom is -0.496 e. The average molecular weight is 315 g/mol. The van der Waals surface area contributed by atoms with Gasteiger partial charge < -0.3 is 9.64 Å². The fourth-order valence-corrected chi connectivity index (χ4v) is 2.94. The molecule has 2 heterocycles. The molecule has 6 nitrogen and oxygen atoms in total. The molecule has 0 radical (unpaired) electrons. The molecule has 0 aliphatic carbocycles. The summed E-state index contributed by atoms with van der Waals surface area (Å²) in [7, 11) is 1.74. The van der Waals surface area contributed by atoms with Crippen molar-refractivity contribution in [2.24, 2.45) is 0 Å². The van der Waals surface area contributed by atoms with Crippen LogP contribution in [0.1, 0.15) is 45.0 Å². The van der Waals surface area contributed by atoms with Crippen LogP contribution in [0.2, 0.25) is 0 Å². The number of fused-ring (bicyclic) bond motifs is 1. The zero-order valence-electron chi connectivity index (χ0n) is 14.4. The average Bonchev–Trinajstić information content (AvgIpc) is 2.89. The number of methoxy groups -OCH3 is 1. The third-order valence-corrected chi connectivity index (χ3v) is 4.16. The second-order valence-electron chi connectivity index (χ2n) is 7.00. The van der Waals surface area contributed by atoms with Crippen LogP contribution in [-0.2, 0) is 18.5 Å². The molecule has 0 saturated heterocycles. The van der Waals surface area contributed by atoms with Crippen LogP contribution in [0.15, 0.2) is 18.2 Å². The number of benzene rings is 1. The number of hydrogen-bond acceptors (Lipinski definition) is 5. The Morgan fingerprint density at radius 1 is 1.22 bits per heavy atom. The van der Waals surface area contributed by atoms with Crippen molar-refractivity contribution in [3.8, 4) is 5.75 Å². The van der Waals surface area contributed by atoms with Crippen molar-refractivity contribution in [2.75, 3.05) is 18.6 Å². The van der Waals surface area contributed by atoms with E-state index in [1.54, 1.807) is 11.9 Å². The molecule has 1 aliphatic rings. The van der Waals surface area contributed by atoms with Crippen molar-refractivity contribution < 1.29 is 4.74 Å². The summed E-state index contributed by atoms with van der Waals surface area (Å²) in [5, 5.41) is 13.0. The van der Waals surface area contributed by atoms with E-state index >= 15 is 0 Å². The highest BCUT2D eigenvalue weighted by molar-refractivity contribution is 5.60. The molecule has 0 saturated carbocycles. The number of ether oxygens (including phenoxy) is 1. The molecule has 3 rings (SSSR count). The van der Waals surface area contributed by atoms with Crippen LogP contribution in [-0.4, -0.2) is 33.9 Å². The first-order valence-corrected chi connectivity index (χ1v) is 8.19. The Morgan fingerprint density at radius 2 is 2.04 bits per heavy atom. The lowest BCUT2D eigenvalue weighted by molar-refractivity contribution is 0.305. The zero-order chi connectivity index (χ0) is 16.4. The largest absolute Gasteiger partial charge is 0.496 e. The molecule has 124 valence electrons. The fourth-order valence-electron chi connectivity index (χ4n) is 2.94. The van der Waals surface area contributed by atoms with E-state index in [-0.39, 0.29) is 5.54 Å². The van der Waals surface area contributed by atoms with E-state index in [9.17, 15) is 0 Å². The van der Waals surface area contributed by atoms with Crippen molar-refractivity contribution in [3.05, 3.63) is 29.6 Å². The quantitative estimate of drug-likeness (QED) is 0.872. The summed E-state index contributed by atoms with van der Waals surface area (Å²) in [6.07, 6.45) is 3.38. The van der Waals surface area contributed by atoms with Crippen molar-refractivity contribution in [3.63, 3.8) is 0 Å². The summed E-state index contributed by atoms with van der Waals surface area (Å²) in [6.45, 7) is 7.90. The van der Waals surface area contributed by atoms with Gasteiger partial charge in [0.25, 0.3) is 0 Å². The number of anilines is 1. The Morgan fingerprint density at radius 3 is 2.74 bits per heavy atom. The van der Waals surface area contributed by atoms with Gasteiger partial charge in [0, 0.05) is 17.8 Å². The molecule has 6 heteroatoms. The summed E-state index contributed by atoms with van der Waals surface area (Å²) < 4.78 is 5.54. The summed E-state index contributed by atoms with van der Waals surface area (Å²) in [6, 6.07) is 6.25. The summed E-state index contributed by atoms with van der Waals surface area (Å²) >= 11 is 0. The maximum atomic E-state index is 5.54. The van der Waals surface area contributed by atoms with Gasteiger partial charge in [0.2, 0.25) is 0 Å². The number of tetrazole rings is 1.